The summed E-state index contributed by atoms with van der Waals surface area (Å²) in [6, 6.07) is 2.41. The minimum absolute atomic E-state index is 0.0957. The molecule has 0 saturated heterocycles. The minimum atomic E-state index is 0.0957. The lowest BCUT2D eigenvalue weighted by atomic mass is 10.0. The van der Waals surface area contributed by atoms with E-state index in [0.29, 0.717) is 17.5 Å². The molecule has 1 saturated carbocycles. The quantitative estimate of drug-likeness (QED) is 0.803. The van der Waals surface area contributed by atoms with Crippen LogP contribution < -0.4 is 0 Å². The van der Waals surface area contributed by atoms with Crippen molar-refractivity contribution in [1.29, 1.82) is 0 Å². The molecule has 17 heavy (non-hydrogen) atoms. The summed E-state index contributed by atoms with van der Waals surface area (Å²) in [6.07, 6.45) is 3.99. The van der Waals surface area contributed by atoms with Crippen molar-refractivity contribution in [3.05, 3.63) is 29.1 Å². The maximum Gasteiger partial charge on any atom is 0.255 e. The van der Waals surface area contributed by atoms with E-state index in [9.17, 15) is 4.79 Å². The number of carbonyl (C=O) groups excluding carboxylic acids is 1. The third-order valence-corrected chi connectivity index (χ3v) is 3.33. The first-order valence-electron chi connectivity index (χ1n) is 6.24. The molecular weight excluding hydrogens is 212 g/mol. The van der Waals surface area contributed by atoms with E-state index < -0.39 is 0 Å². The molecule has 1 aliphatic rings. The Morgan fingerprint density at radius 3 is 2.59 bits per heavy atom. The summed E-state index contributed by atoms with van der Waals surface area (Å²) >= 11 is 0. The van der Waals surface area contributed by atoms with E-state index in [1.807, 2.05) is 24.9 Å². The Hall–Kier alpha value is -1.38. The molecule has 0 spiro atoms. The Morgan fingerprint density at radius 1 is 1.47 bits per heavy atom. The van der Waals surface area contributed by atoms with E-state index in [1.165, 1.54) is 0 Å². The first-order chi connectivity index (χ1) is 8.00. The van der Waals surface area contributed by atoms with Crippen LogP contribution in [0.2, 0.25) is 0 Å². The fourth-order valence-electron chi connectivity index (χ4n) is 2.14. The lowest BCUT2D eigenvalue weighted by molar-refractivity contribution is 0.0784. The lowest BCUT2D eigenvalue weighted by Crippen LogP contribution is -2.29. The van der Waals surface area contributed by atoms with Gasteiger partial charge < -0.3 is 4.90 Å². The summed E-state index contributed by atoms with van der Waals surface area (Å²) in [6.45, 7) is 6.26. The largest absolute Gasteiger partial charge is 0.339 e. The highest BCUT2D eigenvalue weighted by Gasteiger charge is 2.30. The Morgan fingerprint density at radius 2 is 2.12 bits per heavy atom. The standard InChI is InChI=1S/C14H20N2O/c1-9(2)13-10(3)7-11(8-15-13)14(17)16(4)12-5-6-12/h7-9,12H,5-6H2,1-4H3. The Bertz CT molecular complexity index is 436. The predicted molar refractivity (Wildman–Crippen MR) is 68.2 cm³/mol. The number of pyridine rings is 1. The van der Waals surface area contributed by atoms with Gasteiger partial charge in [-0.2, -0.15) is 0 Å². The molecule has 0 radical (unpaired) electrons. The predicted octanol–water partition coefficient (Wildman–Crippen LogP) is 2.75. The molecule has 1 aliphatic carbocycles. The minimum Gasteiger partial charge on any atom is -0.339 e. The van der Waals surface area contributed by atoms with E-state index >= 15 is 0 Å². The zero-order valence-electron chi connectivity index (χ0n) is 11.0. The number of amides is 1. The lowest BCUT2D eigenvalue weighted by Gasteiger charge is -2.17. The molecule has 0 unspecified atom stereocenters. The molecular formula is C14H20N2O. The summed E-state index contributed by atoms with van der Waals surface area (Å²) in [7, 11) is 1.88. The summed E-state index contributed by atoms with van der Waals surface area (Å²) in [5.41, 5.74) is 2.90. The normalized spacial score (nSPS) is 15.1. The maximum absolute atomic E-state index is 12.1. The Balaban J connectivity index is 2.21. The van der Waals surface area contributed by atoms with Gasteiger partial charge in [-0.25, -0.2) is 0 Å². The second-order valence-corrected chi connectivity index (χ2v) is 5.23. The number of rotatable bonds is 3. The molecule has 3 nitrogen and oxygen atoms in total. The van der Waals surface area contributed by atoms with Crippen LogP contribution in [0, 0.1) is 6.92 Å². The fourth-order valence-corrected chi connectivity index (χ4v) is 2.14. The van der Waals surface area contributed by atoms with Gasteiger partial charge in [0.05, 0.1) is 5.56 Å². The highest BCUT2D eigenvalue weighted by Crippen LogP contribution is 2.27. The fraction of sp³-hybridized carbons (Fsp3) is 0.571. The first-order valence-corrected chi connectivity index (χ1v) is 6.24. The van der Waals surface area contributed by atoms with Crippen LogP contribution in [0.4, 0.5) is 0 Å². The second kappa shape index (κ2) is 4.47. The van der Waals surface area contributed by atoms with Crippen molar-refractivity contribution in [1.82, 2.24) is 9.88 Å². The molecule has 1 aromatic heterocycles. The number of hydrogen-bond donors (Lipinski definition) is 0. The van der Waals surface area contributed by atoms with Crippen LogP contribution in [-0.4, -0.2) is 28.9 Å². The molecule has 3 heteroatoms. The van der Waals surface area contributed by atoms with E-state index in [2.05, 4.69) is 18.8 Å². The van der Waals surface area contributed by atoms with Gasteiger partial charge in [-0.05, 0) is 37.3 Å². The topological polar surface area (TPSA) is 33.2 Å². The van der Waals surface area contributed by atoms with E-state index in [1.54, 1.807) is 6.20 Å². The zero-order chi connectivity index (χ0) is 12.6. The summed E-state index contributed by atoms with van der Waals surface area (Å²) < 4.78 is 0. The first kappa shape index (κ1) is 12.1. The molecule has 2 rings (SSSR count). The third kappa shape index (κ3) is 2.48. The molecule has 1 heterocycles. The van der Waals surface area contributed by atoms with Crippen molar-refractivity contribution in [3.63, 3.8) is 0 Å². The number of carbonyl (C=O) groups is 1. The van der Waals surface area contributed by atoms with Gasteiger partial charge in [0.25, 0.3) is 5.91 Å². The average molecular weight is 232 g/mol. The molecule has 0 N–H and O–H groups in total. The maximum atomic E-state index is 12.1. The molecule has 92 valence electrons. The van der Waals surface area contributed by atoms with Gasteiger partial charge in [0.1, 0.15) is 0 Å². The number of aryl methyl sites for hydroxylation is 1. The van der Waals surface area contributed by atoms with Gasteiger partial charge in [0.2, 0.25) is 0 Å². The van der Waals surface area contributed by atoms with E-state index in [0.717, 1.165) is 24.1 Å². The van der Waals surface area contributed by atoms with E-state index in [-0.39, 0.29) is 5.91 Å². The molecule has 0 bridgehead atoms. The summed E-state index contributed by atoms with van der Waals surface area (Å²) in [5.74, 6) is 0.499. The Labute approximate surface area is 103 Å². The van der Waals surface area contributed by atoms with E-state index in [4.69, 9.17) is 0 Å². The average Bonchev–Trinajstić information content (AvgIpc) is 3.10. The van der Waals surface area contributed by atoms with Crippen molar-refractivity contribution in [2.24, 2.45) is 0 Å². The van der Waals surface area contributed by atoms with Gasteiger partial charge in [-0.15, -0.1) is 0 Å². The van der Waals surface area contributed by atoms with Gasteiger partial charge in [0, 0.05) is 25.0 Å². The molecule has 1 fully saturated rings. The molecule has 0 aliphatic heterocycles. The van der Waals surface area contributed by atoms with Crippen LogP contribution in [0.25, 0.3) is 0 Å². The third-order valence-electron chi connectivity index (χ3n) is 3.33. The highest BCUT2D eigenvalue weighted by atomic mass is 16.2. The van der Waals surface area contributed by atoms with Crippen LogP contribution in [0.5, 0.6) is 0 Å². The number of aromatic nitrogens is 1. The number of hydrogen-bond acceptors (Lipinski definition) is 2. The van der Waals surface area contributed by atoms with Gasteiger partial charge in [-0.1, -0.05) is 13.8 Å². The van der Waals surface area contributed by atoms with Crippen molar-refractivity contribution in [2.75, 3.05) is 7.05 Å². The highest BCUT2D eigenvalue weighted by molar-refractivity contribution is 5.94. The van der Waals surface area contributed by atoms with Crippen molar-refractivity contribution >= 4 is 5.91 Å². The van der Waals surface area contributed by atoms with Crippen LogP contribution in [0.15, 0.2) is 12.3 Å². The van der Waals surface area contributed by atoms with Gasteiger partial charge in [-0.3, -0.25) is 9.78 Å². The molecule has 1 aromatic rings. The van der Waals surface area contributed by atoms with Crippen LogP contribution in [0.3, 0.4) is 0 Å². The zero-order valence-corrected chi connectivity index (χ0v) is 11.0. The van der Waals surface area contributed by atoms with Crippen molar-refractivity contribution in [3.8, 4) is 0 Å². The summed E-state index contributed by atoms with van der Waals surface area (Å²) in [4.78, 5) is 18.4. The van der Waals surface area contributed by atoms with Crippen LogP contribution in [0.1, 0.15) is 54.2 Å². The molecule has 0 atom stereocenters. The summed E-state index contributed by atoms with van der Waals surface area (Å²) in [5, 5.41) is 0. The SMILES string of the molecule is Cc1cc(C(=O)N(C)C2CC2)cnc1C(C)C. The van der Waals surface area contributed by atoms with Gasteiger partial charge in [0.15, 0.2) is 0 Å². The smallest absolute Gasteiger partial charge is 0.255 e. The molecule has 0 aromatic carbocycles. The van der Waals surface area contributed by atoms with Crippen molar-refractivity contribution < 1.29 is 4.79 Å². The van der Waals surface area contributed by atoms with Crippen LogP contribution in [-0.2, 0) is 0 Å². The van der Waals surface area contributed by atoms with Crippen molar-refractivity contribution in [2.45, 2.75) is 45.6 Å². The Kier molecular flexibility index (Phi) is 3.18. The number of nitrogens with zero attached hydrogens (tertiary/aromatic N) is 2. The molecule has 1 amide bonds. The van der Waals surface area contributed by atoms with Gasteiger partial charge >= 0.3 is 0 Å². The van der Waals surface area contributed by atoms with Crippen LogP contribution >= 0.6 is 0 Å². The monoisotopic (exact) mass is 232 g/mol. The second-order valence-electron chi connectivity index (χ2n) is 5.23.